The van der Waals surface area contributed by atoms with Crippen LogP contribution in [0.1, 0.15) is 20.8 Å². The zero-order chi connectivity index (χ0) is 12.0. The molecular formula is C10H7AlO4S2. The van der Waals surface area contributed by atoms with Crippen LogP contribution in [0.5, 0.6) is 0 Å². The zero-order valence-electron chi connectivity index (χ0n) is 9.49. The molecule has 2 heterocycles. The number of hydrogen-bond donors (Lipinski definition) is 0. The Morgan fingerprint density at radius 3 is 1.41 bits per heavy atom. The smallest absolute Gasteiger partial charge is 1.00 e. The molecular weight excluding hydrogens is 275 g/mol. The minimum absolute atomic E-state index is 0. The molecule has 86 valence electrons. The molecule has 2 aromatic heterocycles. The third kappa shape index (κ3) is 5.66. The van der Waals surface area contributed by atoms with Crippen LogP contribution in [0.25, 0.3) is 0 Å². The quantitative estimate of drug-likeness (QED) is 0.724. The minimum atomic E-state index is -1.10. The average Bonchev–Trinajstić information content (AvgIpc) is 2.93. The van der Waals surface area contributed by atoms with Gasteiger partial charge in [0.25, 0.3) is 0 Å². The maximum atomic E-state index is 9.96. The summed E-state index contributed by atoms with van der Waals surface area (Å²) in [7, 11) is 0. The van der Waals surface area contributed by atoms with Gasteiger partial charge in [-0.05, 0) is 22.9 Å². The number of hydrogen-bond acceptors (Lipinski definition) is 6. The van der Waals surface area contributed by atoms with Crippen molar-refractivity contribution in [1.29, 1.82) is 0 Å². The van der Waals surface area contributed by atoms with Crippen molar-refractivity contribution in [2.45, 2.75) is 0 Å². The number of carboxylic acid groups (broad SMARTS) is 2. The van der Waals surface area contributed by atoms with E-state index in [1.165, 1.54) is 34.8 Å². The summed E-state index contributed by atoms with van der Waals surface area (Å²) in [6.45, 7) is 0. The molecule has 4 nitrogen and oxygen atoms in total. The SMILES string of the molecule is O=C([O-])c1cccs1.O=C([O-])c1cccs1.[Al+3].[H-]. The summed E-state index contributed by atoms with van der Waals surface area (Å²) >= 11 is 2.34. The third-order valence-corrected chi connectivity index (χ3v) is 3.14. The number of thiophene rings is 2. The Bertz CT molecular complexity index is 412. The van der Waals surface area contributed by atoms with Crippen LogP contribution in [0.4, 0.5) is 0 Å². The molecule has 0 atom stereocenters. The first-order chi connectivity index (χ1) is 7.61. The summed E-state index contributed by atoms with van der Waals surface area (Å²) in [4.78, 5) is 20.5. The van der Waals surface area contributed by atoms with Crippen molar-refractivity contribution in [3.8, 4) is 0 Å². The van der Waals surface area contributed by atoms with E-state index in [1.807, 2.05) is 0 Å². The van der Waals surface area contributed by atoms with Gasteiger partial charge in [-0.2, -0.15) is 0 Å². The van der Waals surface area contributed by atoms with Crippen molar-refractivity contribution < 1.29 is 21.2 Å². The van der Waals surface area contributed by atoms with Gasteiger partial charge >= 0.3 is 17.4 Å². The first-order valence-corrected chi connectivity index (χ1v) is 5.87. The number of carbonyl (C=O) groups excluding carboxylic acids is 2. The Hall–Kier alpha value is -1.13. The van der Waals surface area contributed by atoms with Gasteiger partial charge in [-0.25, -0.2) is 0 Å². The molecule has 0 aliphatic rings. The van der Waals surface area contributed by atoms with Crippen LogP contribution in [0.2, 0.25) is 0 Å². The molecule has 0 bridgehead atoms. The topological polar surface area (TPSA) is 80.3 Å². The van der Waals surface area contributed by atoms with Crippen LogP contribution in [0.3, 0.4) is 0 Å². The van der Waals surface area contributed by atoms with Crippen LogP contribution < -0.4 is 10.2 Å². The molecule has 0 saturated carbocycles. The second-order valence-corrected chi connectivity index (χ2v) is 4.42. The zero-order valence-corrected chi connectivity index (χ0v) is 11.3. The van der Waals surface area contributed by atoms with Crippen molar-refractivity contribution in [2.75, 3.05) is 0 Å². The number of carbonyl (C=O) groups is 2. The Morgan fingerprint density at radius 2 is 1.29 bits per heavy atom. The molecule has 2 aromatic rings. The van der Waals surface area contributed by atoms with Crippen molar-refractivity contribution in [3.63, 3.8) is 0 Å². The Balaban J connectivity index is 0. The molecule has 2 rings (SSSR count). The van der Waals surface area contributed by atoms with E-state index in [1.54, 1.807) is 22.9 Å². The third-order valence-electron chi connectivity index (χ3n) is 1.44. The largest absolute Gasteiger partial charge is 3.00 e. The summed E-state index contributed by atoms with van der Waals surface area (Å²) in [5.41, 5.74) is 0. The number of carboxylic acids is 2. The first-order valence-electron chi connectivity index (χ1n) is 4.11. The van der Waals surface area contributed by atoms with Gasteiger partial charge in [-0.15, -0.1) is 22.7 Å². The monoisotopic (exact) mass is 282 g/mol. The molecule has 0 aliphatic heterocycles. The minimum Gasteiger partial charge on any atom is -1.00 e. The van der Waals surface area contributed by atoms with E-state index in [-0.39, 0.29) is 28.5 Å². The predicted molar refractivity (Wildman–Crippen MR) is 64.2 cm³/mol. The van der Waals surface area contributed by atoms with E-state index in [9.17, 15) is 19.8 Å². The van der Waals surface area contributed by atoms with E-state index in [4.69, 9.17) is 0 Å². The van der Waals surface area contributed by atoms with Gasteiger partial charge in [0.2, 0.25) is 0 Å². The molecule has 0 amide bonds. The second-order valence-electron chi connectivity index (χ2n) is 2.53. The first kappa shape index (κ1) is 15.9. The molecule has 0 unspecified atom stereocenters. The molecule has 0 spiro atoms. The fourth-order valence-corrected chi connectivity index (χ4v) is 1.90. The van der Waals surface area contributed by atoms with Crippen LogP contribution in [0.15, 0.2) is 35.0 Å². The number of aromatic carboxylic acids is 2. The van der Waals surface area contributed by atoms with Crippen LogP contribution >= 0.6 is 22.7 Å². The normalized spacial score (nSPS) is 8.47. The van der Waals surface area contributed by atoms with Gasteiger partial charge in [-0.3, -0.25) is 0 Å². The van der Waals surface area contributed by atoms with E-state index >= 15 is 0 Å². The van der Waals surface area contributed by atoms with E-state index in [0.29, 0.717) is 0 Å². The Labute approximate surface area is 118 Å². The van der Waals surface area contributed by atoms with Crippen molar-refractivity contribution in [3.05, 3.63) is 44.8 Å². The van der Waals surface area contributed by atoms with E-state index in [2.05, 4.69) is 0 Å². The maximum absolute atomic E-state index is 9.96. The molecule has 17 heavy (non-hydrogen) atoms. The second kappa shape index (κ2) is 8.04. The molecule has 0 aromatic carbocycles. The molecule has 0 fully saturated rings. The summed E-state index contributed by atoms with van der Waals surface area (Å²) in [5, 5.41) is 23.3. The average molecular weight is 282 g/mol. The molecule has 7 heteroatoms. The fourth-order valence-electron chi connectivity index (χ4n) is 0.789. The molecule has 0 saturated heterocycles. The van der Waals surface area contributed by atoms with Crippen LogP contribution in [0, 0.1) is 0 Å². The predicted octanol–water partition coefficient (Wildman–Crippen LogP) is -0.0451. The summed E-state index contributed by atoms with van der Waals surface area (Å²) in [6.07, 6.45) is 0. The van der Waals surface area contributed by atoms with Gasteiger partial charge in [0, 0.05) is 9.75 Å². The van der Waals surface area contributed by atoms with Gasteiger partial charge in [0.1, 0.15) is 0 Å². The fraction of sp³-hybridized carbons (Fsp3) is 0. The standard InChI is InChI=1S/2C5H4O2S.Al.H/c2*6-5(7)4-2-1-3-8-4;;/h2*1-3H,(H,6,7);;/q;;+3;-1/p-2. The van der Waals surface area contributed by atoms with Crippen molar-refractivity contribution >= 4 is 52.0 Å². The van der Waals surface area contributed by atoms with E-state index < -0.39 is 11.9 Å². The summed E-state index contributed by atoms with van der Waals surface area (Å²) in [6, 6.07) is 6.38. The van der Waals surface area contributed by atoms with Gasteiger partial charge in [-0.1, -0.05) is 12.1 Å². The van der Waals surface area contributed by atoms with Gasteiger partial charge in [0.15, 0.2) is 0 Å². The van der Waals surface area contributed by atoms with Crippen molar-refractivity contribution in [1.82, 2.24) is 0 Å². The maximum Gasteiger partial charge on any atom is 3.00 e. The van der Waals surface area contributed by atoms with Crippen LogP contribution in [-0.4, -0.2) is 29.3 Å². The molecule has 0 radical (unpaired) electrons. The summed E-state index contributed by atoms with van der Waals surface area (Å²) in [5.74, 6) is -2.19. The van der Waals surface area contributed by atoms with Gasteiger partial charge < -0.3 is 21.2 Å². The van der Waals surface area contributed by atoms with E-state index in [0.717, 1.165) is 0 Å². The van der Waals surface area contributed by atoms with Gasteiger partial charge in [0.05, 0.1) is 11.9 Å². The Kier molecular flexibility index (Phi) is 7.50. The number of rotatable bonds is 2. The molecule has 0 aliphatic carbocycles. The summed E-state index contributed by atoms with van der Waals surface area (Å²) < 4.78 is 0. The Morgan fingerprint density at radius 1 is 0.941 bits per heavy atom. The van der Waals surface area contributed by atoms with Crippen molar-refractivity contribution in [2.24, 2.45) is 0 Å². The van der Waals surface area contributed by atoms with Crippen LogP contribution in [-0.2, 0) is 0 Å². The molecule has 0 N–H and O–H groups in total.